The molecule has 0 bridgehead atoms. The lowest BCUT2D eigenvalue weighted by atomic mass is 9.54. The predicted molar refractivity (Wildman–Crippen MR) is 85.2 cm³/mol. The van der Waals surface area contributed by atoms with Crippen LogP contribution in [0.1, 0.15) is 43.2 Å². The van der Waals surface area contributed by atoms with Crippen molar-refractivity contribution in [1.29, 1.82) is 0 Å². The molecule has 2 fully saturated rings. The molecule has 3 aliphatic rings. The number of hydrogen-bond donors (Lipinski definition) is 2. The molecule has 0 aliphatic heterocycles. The summed E-state index contributed by atoms with van der Waals surface area (Å²) in [6.45, 7) is 2.04. The van der Waals surface area contributed by atoms with Gasteiger partial charge in [-0.15, -0.1) is 0 Å². The van der Waals surface area contributed by atoms with E-state index in [-0.39, 0.29) is 17.9 Å². The number of methoxy groups -OCH3 is 1. The highest BCUT2D eigenvalue weighted by molar-refractivity contribution is 5.41. The minimum Gasteiger partial charge on any atom is -0.508 e. The van der Waals surface area contributed by atoms with Gasteiger partial charge in [-0.1, -0.05) is 13.0 Å². The number of benzene rings is 1. The van der Waals surface area contributed by atoms with Gasteiger partial charge in [0.15, 0.2) is 0 Å². The summed E-state index contributed by atoms with van der Waals surface area (Å²) >= 11 is 0. The van der Waals surface area contributed by atoms with Crippen LogP contribution in [-0.4, -0.2) is 35.7 Å². The van der Waals surface area contributed by atoms with E-state index in [0.29, 0.717) is 24.5 Å². The van der Waals surface area contributed by atoms with E-state index < -0.39 is 17.7 Å². The van der Waals surface area contributed by atoms with E-state index in [1.54, 1.807) is 13.2 Å². The molecule has 126 valence electrons. The number of fused-ring (bicyclic) bond motifs is 5. The Morgan fingerprint density at radius 3 is 2.87 bits per heavy atom. The fourth-order valence-corrected chi connectivity index (χ4v) is 5.79. The van der Waals surface area contributed by atoms with Crippen molar-refractivity contribution in [3.63, 3.8) is 0 Å². The van der Waals surface area contributed by atoms with Gasteiger partial charge >= 0.3 is 0 Å². The summed E-state index contributed by atoms with van der Waals surface area (Å²) in [5.41, 5.74) is 2.03. The van der Waals surface area contributed by atoms with Crippen molar-refractivity contribution in [2.24, 2.45) is 17.3 Å². The molecule has 4 heteroatoms. The maximum atomic E-state index is 14.3. The SMILES string of the molecule is COC1C[C@]2(C)[C@H](O)C(F)C[C@H]2[C@@H]2CCc3cc(O)ccc3[C@@H]12. The lowest BCUT2D eigenvalue weighted by molar-refractivity contribution is -0.0977. The van der Waals surface area contributed by atoms with Gasteiger partial charge in [0, 0.05) is 18.4 Å². The molecule has 0 radical (unpaired) electrons. The molecule has 0 saturated heterocycles. The van der Waals surface area contributed by atoms with Crippen LogP contribution in [0.15, 0.2) is 18.2 Å². The van der Waals surface area contributed by atoms with Crippen LogP contribution in [0.4, 0.5) is 4.39 Å². The monoisotopic (exact) mass is 320 g/mol. The van der Waals surface area contributed by atoms with Crippen molar-refractivity contribution in [3.8, 4) is 5.75 Å². The maximum absolute atomic E-state index is 14.3. The van der Waals surface area contributed by atoms with Gasteiger partial charge in [-0.25, -0.2) is 4.39 Å². The molecular weight excluding hydrogens is 295 g/mol. The van der Waals surface area contributed by atoms with Gasteiger partial charge in [-0.3, -0.25) is 0 Å². The van der Waals surface area contributed by atoms with E-state index in [9.17, 15) is 14.6 Å². The molecule has 3 nitrogen and oxygen atoms in total. The third kappa shape index (κ3) is 2.07. The predicted octanol–water partition coefficient (Wildman–Crippen LogP) is 3.18. The van der Waals surface area contributed by atoms with E-state index in [0.717, 1.165) is 12.8 Å². The molecule has 0 spiro atoms. The van der Waals surface area contributed by atoms with Gasteiger partial charge in [-0.05, 0) is 60.8 Å². The highest BCUT2D eigenvalue weighted by Gasteiger charge is 2.61. The number of alkyl halides is 1. The zero-order valence-electron chi connectivity index (χ0n) is 13.7. The maximum Gasteiger partial charge on any atom is 0.127 e. The van der Waals surface area contributed by atoms with Crippen LogP contribution in [0.2, 0.25) is 0 Å². The standard InChI is InChI=1S/C19H25FO3/c1-19-9-16(23-2)17-12-6-4-11(21)7-10(12)3-5-13(17)14(19)8-15(20)18(19)22/h4,6-7,13-18,21-22H,3,5,8-9H2,1-2H3/t13-,14-,15?,16?,17+,18+,19-/m0/s1. The molecule has 0 amide bonds. The highest BCUT2D eigenvalue weighted by atomic mass is 19.1. The molecule has 23 heavy (non-hydrogen) atoms. The number of aliphatic hydroxyl groups excluding tert-OH is 1. The number of rotatable bonds is 1. The Hall–Kier alpha value is -1.13. The first kappa shape index (κ1) is 15.4. The Bertz CT molecular complexity index is 619. The zero-order valence-corrected chi connectivity index (χ0v) is 13.7. The van der Waals surface area contributed by atoms with Crippen LogP contribution < -0.4 is 0 Å². The Kier molecular flexibility index (Phi) is 3.47. The second kappa shape index (κ2) is 5.18. The summed E-state index contributed by atoms with van der Waals surface area (Å²) < 4.78 is 20.1. The lowest BCUT2D eigenvalue weighted by Gasteiger charge is -2.53. The van der Waals surface area contributed by atoms with Crippen molar-refractivity contribution in [2.45, 2.75) is 56.9 Å². The number of aromatic hydroxyl groups is 1. The Morgan fingerprint density at radius 1 is 1.35 bits per heavy atom. The number of ether oxygens (including phenoxy) is 1. The number of phenols is 1. The molecule has 1 aromatic rings. The van der Waals surface area contributed by atoms with Gasteiger partial charge in [0.1, 0.15) is 11.9 Å². The van der Waals surface area contributed by atoms with Crippen LogP contribution in [0.5, 0.6) is 5.75 Å². The molecule has 4 rings (SSSR count). The molecule has 3 aliphatic carbocycles. The Balaban J connectivity index is 1.78. The molecule has 7 atom stereocenters. The van der Waals surface area contributed by atoms with Crippen molar-refractivity contribution in [2.75, 3.05) is 7.11 Å². The van der Waals surface area contributed by atoms with Gasteiger partial charge in [-0.2, -0.15) is 0 Å². The second-order valence-electron chi connectivity index (χ2n) is 7.90. The minimum absolute atomic E-state index is 0.00945. The number of halogens is 1. The fourth-order valence-electron chi connectivity index (χ4n) is 5.79. The van der Waals surface area contributed by atoms with E-state index in [4.69, 9.17) is 4.74 Å². The summed E-state index contributed by atoms with van der Waals surface area (Å²) in [6.07, 6.45) is 1.02. The van der Waals surface area contributed by atoms with Gasteiger partial charge in [0.05, 0.1) is 12.2 Å². The lowest BCUT2D eigenvalue weighted by Crippen LogP contribution is -2.51. The summed E-state index contributed by atoms with van der Waals surface area (Å²) in [4.78, 5) is 0. The van der Waals surface area contributed by atoms with Gasteiger partial charge in [0.25, 0.3) is 0 Å². The first-order valence-corrected chi connectivity index (χ1v) is 8.62. The second-order valence-corrected chi connectivity index (χ2v) is 7.90. The molecule has 2 unspecified atom stereocenters. The van der Waals surface area contributed by atoms with Crippen molar-refractivity contribution in [1.82, 2.24) is 0 Å². The topological polar surface area (TPSA) is 49.7 Å². The Morgan fingerprint density at radius 2 is 2.13 bits per heavy atom. The third-order valence-electron chi connectivity index (χ3n) is 6.90. The van der Waals surface area contributed by atoms with Crippen LogP contribution in [0.25, 0.3) is 0 Å². The number of hydrogen-bond acceptors (Lipinski definition) is 3. The first-order valence-electron chi connectivity index (χ1n) is 8.62. The number of aryl methyl sites for hydroxylation is 1. The summed E-state index contributed by atoms with van der Waals surface area (Å²) in [7, 11) is 1.72. The molecule has 0 aromatic heterocycles. The van der Waals surface area contributed by atoms with Gasteiger partial charge < -0.3 is 14.9 Å². The van der Waals surface area contributed by atoms with Crippen LogP contribution in [0.3, 0.4) is 0 Å². The molecule has 0 heterocycles. The van der Waals surface area contributed by atoms with Crippen molar-refractivity contribution >= 4 is 0 Å². The van der Waals surface area contributed by atoms with Crippen LogP contribution in [0, 0.1) is 17.3 Å². The average molecular weight is 320 g/mol. The van der Waals surface area contributed by atoms with Gasteiger partial charge in [0.2, 0.25) is 0 Å². The third-order valence-corrected chi connectivity index (χ3v) is 6.90. The largest absolute Gasteiger partial charge is 0.508 e. The molecule has 2 N–H and O–H groups in total. The van der Waals surface area contributed by atoms with E-state index in [1.807, 2.05) is 19.1 Å². The van der Waals surface area contributed by atoms with E-state index in [2.05, 4.69) is 0 Å². The van der Waals surface area contributed by atoms with Crippen LogP contribution >= 0.6 is 0 Å². The zero-order chi connectivity index (χ0) is 16.4. The van der Waals surface area contributed by atoms with Crippen LogP contribution in [-0.2, 0) is 11.2 Å². The van der Waals surface area contributed by atoms with E-state index in [1.165, 1.54) is 11.1 Å². The minimum atomic E-state index is -1.12. The highest BCUT2D eigenvalue weighted by Crippen LogP contribution is 2.61. The summed E-state index contributed by atoms with van der Waals surface area (Å²) in [5, 5.41) is 20.2. The van der Waals surface area contributed by atoms with Crippen molar-refractivity contribution in [3.05, 3.63) is 29.3 Å². The van der Waals surface area contributed by atoms with E-state index >= 15 is 0 Å². The molecule has 2 saturated carbocycles. The summed E-state index contributed by atoms with van der Waals surface area (Å²) in [5.74, 6) is 1.08. The average Bonchev–Trinajstić information content (AvgIpc) is 2.77. The smallest absolute Gasteiger partial charge is 0.127 e. The number of phenolic OH excluding ortho intramolecular Hbond substituents is 1. The fraction of sp³-hybridized carbons (Fsp3) is 0.684. The molecule has 1 aromatic carbocycles. The normalized spacial score (nSPS) is 45.2. The Labute approximate surface area is 136 Å². The first-order chi connectivity index (χ1) is 11.0. The number of aliphatic hydroxyl groups is 1. The molecular formula is C19H25FO3. The van der Waals surface area contributed by atoms with Crippen molar-refractivity contribution < 1.29 is 19.3 Å². The quantitative estimate of drug-likeness (QED) is 0.835. The summed E-state index contributed by atoms with van der Waals surface area (Å²) in [6, 6.07) is 5.60.